The van der Waals surface area contributed by atoms with Crippen LogP contribution in [0.2, 0.25) is 0 Å². The van der Waals surface area contributed by atoms with Gasteiger partial charge < -0.3 is 15.4 Å². The summed E-state index contributed by atoms with van der Waals surface area (Å²) >= 11 is 0. The third-order valence-electron chi connectivity index (χ3n) is 5.98. The number of benzene rings is 2. The molecule has 2 unspecified atom stereocenters. The molecule has 0 bridgehead atoms. The first-order valence-electron chi connectivity index (χ1n) is 10.8. The van der Waals surface area contributed by atoms with Crippen molar-refractivity contribution in [1.82, 2.24) is 24.6 Å². The minimum absolute atomic E-state index is 0.335. The first-order valence-corrected chi connectivity index (χ1v) is 10.8. The molecule has 164 valence electrons. The number of rotatable bonds is 5. The molecule has 4 aromatic rings. The lowest BCUT2D eigenvalue weighted by molar-refractivity contribution is 0.0894. The normalized spacial score (nSPS) is 19.3. The third kappa shape index (κ3) is 3.78. The van der Waals surface area contributed by atoms with Crippen molar-refractivity contribution < 1.29 is 9.13 Å². The summed E-state index contributed by atoms with van der Waals surface area (Å²) in [6.07, 6.45) is 1.04. The van der Waals surface area contributed by atoms with Gasteiger partial charge in [0.2, 0.25) is 0 Å². The number of nitrogens with two attached hydrogens (primary N) is 1. The van der Waals surface area contributed by atoms with Crippen LogP contribution >= 0.6 is 0 Å². The fourth-order valence-corrected chi connectivity index (χ4v) is 4.25. The van der Waals surface area contributed by atoms with Crippen LogP contribution in [0.4, 0.5) is 10.2 Å². The van der Waals surface area contributed by atoms with Gasteiger partial charge in [0.15, 0.2) is 5.65 Å². The van der Waals surface area contributed by atoms with Crippen LogP contribution in [0, 0.1) is 0 Å². The van der Waals surface area contributed by atoms with E-state index in [4.69, 9.17) is 15.6 Å². The summed E-state index contributed by atoms with van der Waals surface area (Å²) in [5, 5.41) is 5.44. The first kappa shape index (κ1) is 20.4. The molecule has 1 fully saturated rings. The lowest BCUT2D eigenvalue weighted by Gasteiger charge is -2.34. The Morgan fingerprint density at radius 1 is 1.06 bits per heavy atom. The maximum absolute atomic E-state index is 15.1. The average molecular weight is 433 g/mol. The van der Waals surface area contributed by atoms with Crippen molar-refractivity contribution in [2.45, 2.75) is 25.6 Å². The van der Waals surface area contributed by atoms with Crippen molar-refractivity contribution in [3.63, 3.8) is 0 Å². The molecule has 8 heteroatoms. The predicted octanol–water partition coefficient (Wildman–Crippen LogP) is 4.47. The second-order valence-corrected chi connectivity index (χ2v) is 7.96. The molecule has 1 saturated heterocycles. The van der Waals surface area contributed by atoms with Crippen molar-refractivity contribution >= 4 is 16.9 Å². The number of nitrogen functional groups attached to an aromatic ring is 1. The zero-order valence-corrected chi connectivity index (χ0v) is 17.9. The average Bonchev–Trinajstić information content (AvgIpc) is 3.21. The van der Waals surface area contributed by atoms with E-state index in [-0.39, 0.29) is 6.04 Å². The number of likely N-dealkylation sites (tertiary alicyclic amines) is 1. The van der Waals surface area contributed by atoms with E-state index in [9.17, 15) is 0 Å². The number of anilines is 1. The van der Waals surface area contributed by atoms with E-state index in [0.717, 1.165) is 24.4 Å². The molecule has 0 amide bonds. The van der Waals surface area contributed by atoms with Gasteiger partial charge in [0, 0.05) is 18.7 Å². The number of fused-ring (bicyclic) bond motifs is 1. The van der Waals surface area contributed by atoms with Crippen LogP contribution in [0.3, 0.4) is 0 Å². The summed E-state index contributed by atoms with van der Waals surface area (Å²) < 4.78 is 22.7. The van der Waals surface area contributed by atoms with Gasteiger partial charge in [-0.2, -0.15) is 5.10 Å². The van der Waals surface area contributed by atoms with E-state index in [0.29, 0.717) is 41.3 Å². The minimum Gasteiger partial charge on any atom is -0.457 e. The lowest BCUT2D eigenvalue weighted by Crippen LogP contribution is -2.42. The van der Waals surface area contributed by atoms with Gasteiger partial charge in [-0.15, -0.1) is 0 Å². The fourth-order valence-electron chi connectivity index (χ4n) is 4.25. The smallest absolute Gasteiger partial charge is 0.164 e. The SMILES string of the molecule is CCN1CCC(n2nc(-c3ccc(Oc4ccccc4)cc3)c3c(N)ncnc32)C(F)C1. The maximum atomic E-state index is 15.1. The molecule has 2 aromatic heterocycles. The monoisotopic (exact) mass is 432 g/mol. The largest absolute Gasteiger partial charge is 0.457 e. The van der Waals surface area contributed by atoms with Crippen molar-refractivity contribution in [1.29, 1.82) is 0 Å². The number of aromatic nitrogens is 4. The van der Waals surface area contributed by atoms with E-state index in [1.165, 1.54) is 6.33 Å². The Morgan fingerprint density at radius 2 is 1.81 bits per heavy atom. The number of nitrogens with zero attached hydrogens (tertiary/aromatic N) is 5. The molecule has 5 rings (SSSR count). The Labute approximate surface area is 185 Å². The number of hydrogen-bond donors (Lipinski definition) is 1. The van der Waals surface area contributed by atoms with Crippen molar-refractivity contribution in [2.24, 2.45) is 0 Å². The van der Waals surface area contributed by atoms with Gasteiger partial charge in [-0.05, 0) is 49.4 Å². The summed E-state index contributed by atoms with van der Waals surface area (Å²) in [5.41, 5.74) is 8.27. The molecule has 1 aliphatic rings. The Bertz CT molecular complexity index is 1210. The zero-order chi connectivity index (χ0) is 22.1. The van der Waals surface area contributed by atoms with Gasteiger partial charge in [-0.3, -0.25) is 0 Å². The summed E-state index contributed by atoms with van der Waals surface area (Å²) in [4.78, 5) is 10.7. The number of alkyl halides is 1. The number of piperidine rings is 1. The van der Waals surface area contributed by atoms with Crippen molar-refractivity contribution in [3.05, 3.63) is 60.9 Å². The second kappa shape index (κ2) is 8.55. The highest BCUT2D eigenvalue weighted by Gasteiger charge is 2.33. The Balaban J connectivity index is 1.51. The topological polar surface area (TPSA) is 82.1 Å². The molecular formula is C24H25FN6O. The van der Waals surface area contributed by atoms with E-state index in [1.807, 2.05) is 61.5 Å². The molecule has 0 saturated carbocycles. The van der Waals surface area contributed by atoms with Crippen LogP contribution in [0.15, 0.2) is 60.9 Å². The highest BCUT2D eigenvalue weighted by atomic mass is 19.1. The highest BCUT2D eigenvalue weighted by molar-refractivity contribution is 5.98. The molecule has 3 heterocycles. The van der Waals surface area contributed by atoms with Crippen LogP contribution in [0.1, 0.15) is 19.4 Å². The van der Waals surface area contributed by atoms with E-state index >= 15 is 4.39 Å². The molecule has 1 aliphatic heterocycles. The molecule has 2 aromatic carbocycles. The molecule has 7 nitrogen and oxygen atoms in total. The molecule has 0 radical (unpaired) electrons. The Hall–Kier alpha value is -3.52. The standard InChI is InChI=1S/C24H25FN6O/c1-2-30-13-12-20(19(25)14-30)31-24-21(23(26)27-15-28-24)22(29-31)16-8-10-18(11-9-16)32-17-6-4-3-5-7-17/h3-11,15,19-20H,2,12-14H2,1H3,(H2,26,27,28). The van der Waals surface area contributed by atoms with Gasteiger partial charge in [-0.1, -0.05) is 25.1 Å². The van der Waals surface area contributed by atoms with E-state index < -0.39 is 6.17 Å². The van der Waals surface area contributed by atoms with Crippen LogP contribution in [0.5, 0.6) is 11.5 Å². The number of halogens is 1. The summed E-state index contributed by atoms with van der Waals surface area (Å²) in [7, 11) is 0. The Morgan fingerprint density at radius 3 is 2.53 bits per heavy atom. The molecule has 2 atom stereocenters. The molecule has 32 heavy (non-hydrogen) atoms. The second-order valence-electron chi connectivity index (χ2n) is 7.96. The lowest BCUT2D eigenvalue weighted by atomic mass is 10.0. The van der Waals surface area contributed by atoms with Gasteiger partial charge in [-0.25, -0.2) is 19.0 Å². The van der Waals surface area contributed by atoms with Crippen LogP contribution < -0.4 is 10.5 Å². The van der Waals surface area contributed by atoms with Crippen molar-refractivity contribution in [3.8, 4) is 22.8 Å². The van der Waals surface area contributed by atoms with Crippen LogP contribution in [-0.4, -0.2) is 50.5 Å². The van der Waals surface area contributed by atoms with Gasteiger partial charge in [0.1, 0.15) is 35.5 Å². The number of hydrogen-bond acceptors (Lipinski definition) is 6. The summed E-state index contributed by atoms with van der Waals surface area (Å²) in [5.74, 6) is 1.81. The quantitative estimate of drug-likeness (QED) is 0.501. The minimum atomic E-state index is -1.03. The maximum Gasteiger partial charge on any atom is 0.164 e. The van der Waals surface area contributed by atoms with Crippen LogP contribution in [0.25, 0.3) is 22.3 Å². The van der Waals surface area contributed by atoms with Crippen LogP contribution in [-0.2, 0) is 0 Å². The first-order chi connectivity index (χ1) is 15.6. The van der Waals surface area contributed by atoms with E-state index in [1.54, 1.807) is 4.68 Å². The molecular weight excluding hydrogens is 407 g/mol. The zero-order valence-electron chi connectivity index (χ0n) is 17.9. The van der Waals surface area contributed by atoms with Gasteiger partial charge in [0.05, 0.1) is 11.4 Å². The molecule has 0 aliphatic carbocycles. The van der Waals surface area contributed by atoms with E-state index in [2.05, 4.69) is 14.9 Å². The highest BCUT2D eigenvalue weighted by Crippen LogP contribution is 2.35. The fraction of sp³-hybridized carbons (Fsp3) is 0.292. The number of para-hydroxylation sites is 1. The summed E-state index contributed by atoms with van der Waals surface area (Å²) in [6, 6.07) is 16.8. The predicted molar refractivity (Wildman–Crippen MR) is 122 cm³/mol. The van der Waals surface area contributed by atoms with Crippen molar-refractivity contribution in [2.75, 3.05) is 25.4 Å². The van der Waals surface area contributed by atoms with Gasteiger partial charge in [0.25, 0.3) is 0 Å². The third-order valence-corrected chi connectivity index (χ3v) is 5.98. The summed E-state index contributed by atoms with van der Waals surface area (Å²) in [6.45, 7) is 4.10. The number of ether oxygens (including phenoxy) is 1. The molecule has 0 spiro atoms. The Kier molecular flexibility index (Phi) is 5.45. The molecule has 2 N–H and O–H groups in total. The van der Waals surface area contributed by atoms with Gasteiger partial charge >= 0.3 is 0 Å².